The number of anilines is 1. The Morgan fingerprint density at radius 1 is 1.50 bits per heavy atom. The molecule has 70 valence electrons. The molecule has 1 N–H and O–H groups in total. The minimum Gasteiger partial charge on any atom is -0.325 e. The van der Waals surface area contributed by atoms with E-state index in [0.717, 1.165) is 16.8 Å². The zero-order chi connectivity index (χ0) is 9.97. The molecule has 0 saturated carbocycles. The number of amides is 1. The topological polar surface area (TPSA) is 29.1 Å². The molecular formula is C11H8BrNO. The van der Waals surface area contributed by atoms with Gasteiger partial charge in [0.2, 0.25) is 5.91 Å². The van der Waals surface area contributed by atoms with E-state index in [1.807, 2.05) is 18.2 Å². The van der Waals surface area contributed by atoms with Crippen molar-refractivity contribution in [3.63, 3.8) is 0 Å². The van der Waals surface area contributed by atoms with Crippen LogP contribution in [-0.2, 0) is 11.2 Å². The molecule has 1 aliphatic rings. The standard InChI is InChI=1S/C11H8BrNO/c12-5-1-2-8-3-4-9-7-11(14)13-10(9)6-8/h3-4,6H,5,7H2,(H,13,14). The van der Waals surface area contributed by atoms with Crippen molar-refractivity contribution in [2.24, 2.45) is 0 Å². The number of benzene rings is 1. The number of carbonyl (C=O) groups excluding carboxylic acids is 1. The van der Waals surface area contributed by atoms with E-state index in [9.17, 15) is 4.79 Å². The highest BCUT2D eigenvalue weighted by molar-refractivity contribution is 9.09. The highest BCUT2D eigenvalue weighted by Crippen LogP contribution is 2.23. The van der Waals surface area contributed by atoms with Crippen LogP contribution < -0.4 is 5.32 Å². The van der Waals surface area contributed by atoms with Crippen molar-refractivity contribution >= 4 is 27.5 Å². The van der Waals surface area contributed by atoms with Crippen molar-refractivity contribution in [2.45, 2.75) is 6.42 Å². The first-order valence-electron chi connectivity index (χ1n) is 4.27. The fourth-order valence-corrected chi connectivity index (χ4v) is 1.57. The van der Waals surface area contributed by atoms with Gasteiger partial charge in [-0.05, 0) is 17.7 Å². The molecule has 1 aromatic carbocycles. The second-order valence-corrected chi connectivity index (χ2v) is 3.59. The number of alkyl halides is 1. The average Bonchev–Trinajstić information content (AvgIpc) is 2.54. The van der Waals surface area contributed by atoms with E-state index in [1.54, 1.807) is 0 Å². The molecule has 0 spiro atoms. The Bertz CT molecular complexity index is 442. The Labute approximate surface area is 90.8 Å². The van der Waals surface area contributed by atoms with Crippen molar-refractivity contribution in [3.8, 4) is 11.8 Å². The first-order chi connectivity index (χ1) is 6.79. The summed E-state index contributed by atoms with van der Waals surface area (Å²) in [5.74, 6) is 5.97. The van der Waals surface area contributed by atoms with Crippen LogP contribution in [0.25, 0.3) is 0 Å². The van der Waals surface area contributed by atoms with Crippen LogP contribution in [0.3, 0.4) is 0 Å². The molecule has 3 heteroatoms. The molecule has 1 aliphatic heterocycles. The minimum atomic E-state index is 0.0607. The summed E-state index contributed by atoms with van der Waals surface area (Å²) in [4.78, 5) is 11.1. The summed E-state index contributed by atoms with van der Waals surface area (Å²) in [6, 6.07) is 5.80. The average molecular weight is 250 g/mol. The Morgan fingerprint density at radius 2 is 2.36 bits per heavy atom. The van der Waals surface area contributed by atoms with Crippen molar-refractivity contribution in [2.75, 3.05) is 10.6 Å². The van der Waals surface area contributed by atoms with Gasteiger partial charge in [-0.15, -0.1) is 0 Å². The lowest BCUT2D eigenvalue weighted by Gasteiger charge is -1.97. The predicted octanol–water partition coefficient (Wildman–Crippen LogP) is 1.93. The van der Waals surface area contributed by atoms with Gasteiger partial charge in [0, 0.05) is 11.3 Å². The maximum Gasteiger partial charge on any atom is 0.228 e. The molecule has 0 unspecified atom stereocenters. The smallest absolute Gasteiger partial charge is 0.228 e. The molecule has 0 aromatic heterocycles. The molecule has 0 atom stereocenters. The highest BCUT2D eigenvalue weighted by atomic mass is 79.9. The van der Waals surface area contributed by atoms with Gasteiger partial charge < -0.3 is 5.32 Å². The number of carbonyl (C=O) groups is 1. The van der Waals surface area contributed by atoms with Gasteiger partial charge in [-0.3, -0.25) is 4.79 Å². The summed E-state index contributed by atoms with van der Waals surface area (Å²) >= 11 is 3.24. The summed E-state index contributed by atoms with van der Waals surface area (Å²) in [5.41, 5.74) is 2.89. The van der Waals surface area contributed by atoms with Crippen LogP contribution in [0.15, 0.2) is 18.2 Å². The Balaban J connectivity index is 2.33. The van der Waals surface area contributed by atoms with E-state index < -0.39 is 0 Å². The van der Waals surface area contributed by atoms with Gasteiger partial charge in [0.15, 0.2) is 0 Å². The lowest BCUT2D eigenvalue weighted by atomic mass is 10.1. The van der Waals surface area contributed by atoms with Gasteiger partial charge in [0.05, 0.1) is 11.8 Å². The van der Waals surface area contributed by atoms with E-state index in [-0.39, 0.29) is 5.91 Å². The van der Waals surface area contributed by atoms with Crippen molar-refractivity contribution in [3.05, 3.63) is 29.3 Å². The molecule has 0 bridgehead atoms. The summed E-state index contributed by atoms with van der Waals surface area (Å²) in [6.45, 7) is 0. The number of hydrogen-bond donors (Lipinski definition) is 1. The lowest BCUT2D eigenvalue weighted by Crippen LogP contribution is -2.03. The van der Waals surface area contributed by atoms with Crippen LogP contribution >= 0.6 is 15.9 Å². The molecule has 0 fully saturated rings. The molecule has 0 saturated heterocycles. The van der Waals surface area contributed by atoms with Gasteiger partial charge in [-0.25, -0.2) is 0 Å². The molecule has 0 radical (unpaired) electrons. The highest BCUT2D eigenvalue weighted by Gasteiger charge is 2.16. The van der Waals surface area contributed by atoms with Crippen LogP contribution in [-0.4, -0.2) is 11.2 Å². The zero-order valence-electron chi connectivity index (χ0n) is 7.43. The number of nitrogens with one attached hydrogen (secondary N) is 1. The van der Waals surface area contributed by atoms with Crippen LogP contribution in [0.5, 0.6) is 0 Å². The third kappa shape index (κ3) is 1.80. The van der Waals surface area contributed by atoms with Gasteiger partial charge in [-0.1, -0.05) is 33.8 Å². The molecule has 14 heavy (non-hydrogen) atoms. The van der Waals surface area contributed by atoms with Gasteiger partial charge >= 0.3 is 0 Å². The summed E-state index contributed by atoms with van der Waals surface area (Å²) in [6.07, 6.45) is 0.488. The van der Waals surface area contributed by atoms with Crippen LogP contribution in [0.4, 0.5) is 5.69 Å². The molecule has 1 heterocycles. The molecule has 1 amide bonds. The molecule has 2 rings (SSSR count). The number of hydrogen-bond acceptors (Lipinski definition) is 1. The van der Waals surface area contributed by atoms with Gasteiger partial charge in [0.1, 0.15) is 0 Å². The Kier molecular flexibility index (Phi) is 2.55. The largest absolute Gasteiger partial charge is 0.325 e. The van der Waals surface area contributed by atoms with Crippen LogP contribution in [0, 0.1) is 11.8 Å². The molecule has 2 nitrogen and oxygen atoms in total. The molecular weight excluding hydrogens is 242 g/mol. The van der Waals surface area contributed by atoms with E-state index in [1.165, 1.54) is 0 Å². The monoisotopic (exact) mass is 249 g/mol. The first-order valence-corrected chi connectivity index (χ1v) is 5.39. The normalized spacial score (nSPS) is 12.8. The van der Waals surface area contributed by atoms with E-state index >= 15 is 0 Å². The fraction of sp³-hybridized carbons (Fsp3) is 0.182. The zero-order valence-corrected chi connectivity index (χ0v) is 9.02. The lowest BCUT2D eigenvalue weighted by molar-refractivity contribution is -0.115. The fourth-order valence-electron chi connectivity index (χ4n) is 1.43. The second-order valence-electron chi connectivity index (χ2n) is 3.03. The summed E-state index contributed by atoms with van der Waals surface area (Å²) in [5, 5.41) is 3.46. The third-order valence-electron chi connectivity index (χ3n) is 2.03. The van der Waals surface area contributed by atoms with Gasteiger partial charge in [-0.2, -0.15) is 0 Å². The first kappa shape index (κ1) is 9.29. The van der Waals surface area contributed by atoms with Gasteiger partial charge in [0.25, 0.3) is 0 Å². The van der Waals surface area contributed by atoms with Crippen LogP contribution in [0.1, 0.15) is 11.1 Å². The van der Waals surface area contributed by atoms with Crippen LogP contribution in [0.2, 0.25) is 0 Å². The number of halogens is 1. The van der Waals surface area contributed by atoms with Crippen molar-refractivity contribution < 1.29 is 4.79 Å². The van der Waals surface area contributed by atoms with Crippen molar-refractivity contribution in [1.29, 1.82) is 0 Å². The number of fused-ring (bicyclic) bond motifs is 1. The van der Waals surface area contributed by atoms with E-state index in [0.29, 0.717) is 11.8 Å². The number of rotatable bonds is 0. The van der Waals surface area contributed by atoms with Crippen molar-refractivity contribution in [1.82, 2.24) is 0 Å². The summed E-state index contributed by atoms with van der Waals surface area (Å²) < 4.78 is 0. The Morgan fingerprint density at radius 3 is 3.14 bits per heavy atom. The van der Waals surface area contributed by atoms with E-state index in [4.69, 9.17) is 0 Å². The van der Waals surface area contributed by atoms with E-state index in [2.05, 4.69) is 33.1 Å². The SMILES string of the molecule is O=C1Cc2ccc(C#CCBr)cc2N1. The summed E-state index contributed by atoms with van der Waals surface area (Å²) in [7, 11) is 0. The second kappa shape index (κ2) is 3.85. The quantitative estimate of drug-likeness (QED) is 0.553. The molecule has 0 aliphatic carbocycles. The molecule has 1 aromatic rings. The maximum absolute atomic E-state index is 11.1. The Hall–Kier alpha value is -1.27. The third-order valence-corrected chi connectivity index (χ3v) is 2.31. The predicted molar refractivity (Wildman–Crippen MR) is 59.4 cm³/mol. The maximum atomic E-state index is 11.1. The minimum absolute atomic E-state index is 0.0607.